The Morgan fingerprint density at radius 3 is 2.56 bits per heavy atom. The zero-order valence-electron chi connectivity index (χ0n) is 10.4. The first-order valence-corrected chi connectivity index (χ1v) is 7.54. The van der Waals surface area contributed by atoms with Crippen molar-refractivity contribution in [2.45, 2.75) is 18.6 Å². The number of sulfonamides is 1. The van der Waals surface area contributed by atoms with Gasteiger partial charge in [-0.15, -0.1) is 0 Å². The lowest BCUT2D eigenvalue weighted by molar-refractivity contribution is 0.340. The van der Waals surface area contributed by atoms with E-state index in [0.29, 0.717) is 25.3 Å². The molecule has 6 heteroatoms. The lowest BCUT2D eigenvalue weighted by Gasteiger charge is -2.18. The molecule has 1 heterocycles. The molecule has 1 aromatic rings. The van der Waals surface area contributed by atoms with Crippen molar-refractivity contribution in [3.8, 4) is 5.75 Å². The molecule has 1 fully saturated rings. The minimum absolute atomic E-state index is 0.176. The molecule has 0 saturated carbocycles. The van der Waals surface area contributed by atoms with Gasteiger partial charge in [0.15, 0.2) is 0 Å². The molecule has 0 amide bonds. The van der Waals surface area contributed by atoms with E-state index in [0.717, 1.165) is 5.75 Å². The predicted octanol–water partition coefficient (Wildman–Crippen LogP) is 0.953. The molecule has 0 aliphatic carbocycles. The van der Waals surface area contributed by atoms with Crippen molar-refractivity contribution < 1.29 is 13.2 Å². The number of benzene rings is 1. The fraction of sp³-hybridized carbons (Fsp3) is 0.500. The van der Waals surface area contributed by atoms with Gasteiger partial charge in [0.2, 0.25) is 10.0 Å². The van der Waals surface area contributed by atoms with Crippen molar-refractivity contribution >= 4 is 15.7 Å². The molecule has 0 spiro atoms. The molecule has 2 N–H and O–H groups in total. The summed E-state index contributed by atoms with van der Waals surface area (Å²) in [5, 5.41) is -0.455. The van der Waals surface area contributed by atoms with Gasteiger partial charge in [0, 0.05) is 13.1 Å². The lowest BCUT2D eigenvalue weighted by atomic mass is 10.2. The van der Waals surface area contributed by atoms with Crippen molar-refractivity contribution in [2.75, 3.05) is 24.0 Å². The molecule has 0 unspecified atom stereocenters. The smallest absolute Gasteiger partial charge is 0.239 e. The summed E-state index contributed by atoms with van der Waals surface area (Å²) >= 11 is 0. The molecule has 1 atom stereocenters. The van der Waals surface area contributed by atoms with Gasteiger partial charge in [-0.3, -0.25) is 4.31 Å². The molecule has 0 radical (unpaired) electrons. The van der Waals surface area contributed by atoms with E-state index < -0.39 is 15.3 Å². The Labute approximate surface area is 108 Å². The quantitative estimate of drug-likeness (QED) is 0.884. The highest BCUT2D eigenvalue weighted by Crippen LogP contribution is 2.29. The van der Waals surface area contributed by atoms with E-state index in [1.165, 1.54) is 4.31 Å². The van der Waals surface area contributed by atoms with Crippen molar-refractivity contribution in [2.24, 2.45) is 5.73 Å². The second-order valence-corrected chi connectivity index (χ2v) is 6.33. The first kappa shape index (κ1) is 13.2. The minimum atomic E-state index is -3.29. The number of nitrogens with zero attached hydrogens (tertiary/aromatic N) is 1. The Kier molecular flexibility index (Phi) is 3.77. The summed E-state index contributed by atoms with van der Waals surface area (Å²) in [6.45, 7) is 3.18. The first-order chi connectivity index (χ1) is 8.59. The van der Waals surface area contributed by atoms with Crippen LogP contribution in [0, 0.1) is 0 Å². The third kappa shape index (κ3) is 2.30. The van der Waals surface area contributed by atoms with Crippen LogP contribution in [0.3, 0.4) is 0 Å². The largest absolute Gasteiger partial charge is 0.494 e. The summed E-state index contributed by atoms with van der Waals surface area (Å²) in [6, 6.07) is 7.09. The number of nitrogens with two attached hydrogens (primary N) is 1. The molecule has 1 aromatic carbocycles. The lowest BCUT2D eigenvalue weighted by Crippen LogP contribution is -2.33. The summed E-state index contributed by atoms with van der Waals surface area (Å²) < 4.78 is 31.1. The van der Waals surface area contributed by atoms with E-state index in [9.17, 15) is 8.42 Å². The van der Waals surface area contributed by atoms with Gasteiger partial charge in [0.25, 0.3) is 0 Å². The molecule has 1 aliphatic rings. The summed E-state index contributed by atoms with van der Waals surface area (Å²) in [6.07, 6.45) is 0.589. The third-order valence-corrected chi connectivity index (χ3v) is 5.36. The molecule has 100 valence electrons. The van der Waals surface area contributed by atoms with Gasteiger partial charge in [0.1, 0.15) is 5.75 Å². The van der Waals surface area contributed by atoms with Crippen LogP contribution in [0.25, 0.3) is 0 Å². The van der Waals surface area contributed by atoms with Gasteiger partial charge in [-0.25, -0.2) is 8.42 Å². The van der Waals surface area contributed by atoms with Crippen LogP contribution in [0.15, 0.2) is 24.3 Å². The van der Waals surface area contributed by atoms with Gasteiger partial charge in [0.05, 0.1) is 17.5 Å². The number of anilines is 1. The summed E-state index contributed by atoms with van der Waals surface area (Å²) in [4.78, 5) is 0. The molecule has 18 heavy (non-hydrogen) atoms. The zero-order chi connectivity index (χ0) is 13.2. The van der Waals surface area contributed by atoms with E-state index >= 15 is 0 Å². The molecular formula is C12H18N2O3S. The van der Waals surface area contributed by atoms with Crippen molar-refractivity contribution in [3.05, 3.63) is 24.3 Å². The van der Waals surface area contributed by atoms with Crippen LogP contribution in [0.1, 0.15) is 13.3 Å². The summed E-state index contributed by atoms with van der Waals surface area (Å²) in [5.74, 6) is 0.744. The van der Waals surface area contributed by atoms with E-state index in [1.807, 2.05) is 6.92 Å². The van der Waals surface area contributed by atoms with Crippen LogP contribution in [0.2, 0.25) is 0 Å². The number of rotatable bonds is 4. The molecule has 0 aromatic heterocycles. The van der Waals surface area contributed by atoms with Crippen LogP contribution >= 0.6 is 0 Å². The Bertz CT molecular complexity index is 499. The molecule has 1 aliphatic heterocycles. The van der Waals surface area contributed by atoms with Crippen LogP contribution < -0.4 is 14.8 Å². The SMILES string of the molecule is CCOc1ccc(N2CC[C@H](CN)S2(=O)=O)cc1. The number of ether oxygens (including phenoxy) is 1. The van der Waals surface area contributed by atoms with Crippen LogP contribution in [0.4, 0.5) is 5.69 Å². The highest BCUT2D eigenvalue weighted by molar-refractivity contribution is 7.93. The van der Waals surface area contributed by atoms with E-state index in [1.54, 1.807) is 24.3 Å². The molecule has 1 saturated heterocycles. The van der Waals surface area contributed by atoms with Gasteiger partial charge in [-0.1, -0.05) is 0 Å². The van der Waals surface area contributed by atoms with Crippen molar-refractivity contribution in [1.29, 1.82) is 0 Å². The Hall–Kier alpha value is -1.27. The predicted molar refractivity (Wildman–Crippen MR) is 71.3 cm³/mol. The molecular weight excluding hydrogens is 252 g/mol. The number of hydrogen-bond acceptors (Lipinski definition) is 4. The van der Waals surface area contributed by atoms with Crippen LogP contribution in [-0.2, 0) is 10.0 Å². The van der Waals surface area contributed by atoms with Gasteiger partial charge in [-0.2, -0.15) is 0 Å². The van der Waals surface area contributed by atoms with E-state index in [4.69, 9.17) is 10.5 Å². The van der Waals surface area contributed by atoms with Gasteiger partial charge < -0.3 is 10.5 Å². The molecule has 0 bridgehead atoms. The average molecular weight is 270 g/mol. The Morgan fingerprint density at radius 2 is 2.06 bits per heavy atom. The van der Waals surface area contributed by atoms with Gasteiger partial charge >= 0.3 is 0 Å². The van der Waals surface area contributed by atoms with Gasteiger partial charge in [-0.05, 0) is 37.6 Å². The second-order valence-electron chi connectivity index (χ2n) is 4.19. The van der Waals surface area contributed by atoms with Crippen molar-refractivity contribution in [1.82, 2.24) is 0 Å². The fourth-order valence-electron chi connectivity index (χ4n) is 2.11. The van der Waals surface area contributed by atoms with Crippen LogP contribution in [0.5, 0.6) is 5.75 Å². The highest BCUT2D eigenvalue weighted by Gasteiger charge is 2.37. The highest BCUT2D eigenvalue weighted by atomic mass is 32.2. The normalized spacial score (nSPS) is 22.1. The third-order valence-electron chi connectivity index (χ3n) is 3.08. The topological polar surface area (TPSA) is 72.6 Å². The van der Waals surface area contributed by atoms with E-state index in [-0.39, 0.29) is 6.54 Å². The standard InChI is InChI=1S/C12H18N2O3S/c1-2-17-11-5-3-10(4-6-11)14-8-7-12(9-13)18(14,15)16/h3-6,12H,2,7-9,13H2,1H3/t12-/m1/s1. The summed E-state index contributed by atoms with van der Waals surface area (Å²) in [7, 11) is -3.29. The molecule has 5 nitrogen and oxygen atoms in total. The fourth-order valence-corrected chi connectivity index (χ4v) is 3.89. The maximum absolute atomic E-state index is 12.1. The minimum Gasteiger partial charge on any atom is -0.494 e. The maximum atomic E-state index is 12.1. The second kappa shape index (κ2) is 5.16. The van der Waals surface area contributed by atoms with Crippen molar-refractivity contribution in [3.63, 3.8) is 0 Å². The Morgan fingerprint density at radius 1 is 1.39 bits per heavy atom. The summed E-state index contributed by atoms with van der Waals surface area (Å²) in [5.41, 5.74) is 6.16. The monoisotopic (exact) mass is 270 g/mol. The maximum Gasteiger partial charge on any atom is 0.239 e. The average Bonchev–Trinajstić information content (AvgIpc) is 2.65. The van der Waals surface area contributed by atoms with E-state index in [2.05, 4.69) is 0 Å². The number of hydrogen-bond donors (Lipinski definition) is 1. The molecule has 2 rings (SSSR count). The van der Waals surface area contributed by atoms with Crippen LogP contribution in [-0.4, -0.2) is 33.4 Å². The first-order valence-electron chi connectivity index (χ1n) is 6.04. The Balaban J connectivity index is 2.22. The zero-order valence-corrected chi connectivity index (χ0v) is 11.2.